The number of nitrogens with one attached hydrogen (secondary N) is 2. The number of benzene rings is 3. The summed E-state index contributed by atoms with van der Waals surface area (Å²) in [6, 6.07) is 27.5. The van der Waals surface area contributed by atoms with Crippen molar-refractivity contribution in [1.29, 1.82) is 0 Å². The van der Waals surface area contributed by atoms with Gasteiger partial charge in [0.2, 0.25) is 5.91 Å². The van der Waals surface area contributed by atoms with Crippen molar-refractivity contribution in [2.75, 3.05) is 6.61 Å². The van der Waals surface area contributed by atoms with Crippen LogP contribution in [-0.2, 0) is 53.1 Å². The molecular formula is C39H50N2O9. The Morgan fingerprint density at radius 3 is 1.80 bits per heavy atom. The lowest BCUT2D eigenvalue weighted by molar-refractivity contribution is -0.233. The second-order valence-corrected chi connectivity index (χ2v) is 13.4. The van der Waals surface area contributed by atoms with Crippen molar-refractivity contribution in [3.8, 4) is 0 Å². The summed E-state index contributed by atoms with van der Waals surface area (Å²) in [6.45, 7) is 7.64. The Bertz CT molecular complexity index is 1470. The Kier molecular flexibility index (Phi) is 14.8. The fourth-order valence-electron chi connectivity index (χ4n) is 5.84. The molecule has 50 heavy (non-hydrogen) atoms. The summed E-state index contributed by atoms with van der Waals surface area (Å²) < 4.78 is 31.4. The van der Waals surface area contributed by atoms with Gasteiger partial charge in [0.25, 0.3) is 0 Å². The number of rotatable bonds is 17. The van der Waals surface area contributed by atoms with Crippen LogP contribution in [0, 0.1) is 0 Å². The SMILES string of the molecule is CC(=O)N[C@@H]1[C@@H](OCc2ccccc2)[C@H](OCc2ccccc2)[C@@H](COCc2ccccc2)O[C@@H]1CCC[C@H](NC(=O)OC(C)(C)C)C(=O)O. The van der Waals surface area contributed by atoms with Gasteiger partial charge in [-0.25, -0.2) is 9.59 Å². The largest absolute Gasteiger partial charge is 0.480 e. The van der Waals surface area contributed by atoms with Crippen LogP contribution in [-0.4, -0.2) is 71.8 Å². The molecule has 3 aromatic carbocycles. The van der Waals surface area contributed by atoms with Crippen LogP contribution in [0.2, 0.25) is 0 Å². The summed E-state index contributed by atoms with van der Waals surface area (Å²) in [4.78, 5) is 37.1. The van der Waals surface area contributed by atoms with E-state index in [0.29, 0.717) is 19.4 Å². The van der Waals surface area contributed by atoms with Gasteiger partial charge in [0.05, 0.1) is 38.6 Å². The molecule has 0 saturated carbocycles. The molecule has 0 bridgehead atoms. The Morgan fingerprint density at radius 2 is 1.30 bits per heavy atom. The highest BCUT2D eigenvalue weighted by Crippen LogP contribution is 2.31. The quantitative estimate of drug-likeness (QED) is 0.160. The fourth-order valence-corrected chi connectivity index (χ4v) is 5.84. The van der Waals surface area contributed by atoms with Crippen molar-refractivity contribution in [1.82, 2.24) is 10.6 Å². The normalized spacial score (nSPS) is 21.2. The summed E-state index contributed by atoms with van der Waals surface area (Å²) in [7, 11) is 0. The number of carbonyl (C=O) groups is 3. The molecule has 6 atom stereocenters. The standard InChI is InChI=1S/C39H50N2O9/c1-27(42)40-34-32(22-14-21-31(37(43)44)41-38(45)50-39(2,3)4)49-33(26-46-23-28-15-8-5-9-16-28)35(47-24-29-17-10-6-11-18-29)36(34)48-25-30-19-12-7-13-20-30/h5-13,15-20,31-36H,14,21-26H2,1-4H3,(H,40,42)(H,41,45)(H,43,44)/t31-,32+,33+,34-,35+,36+/m0/s1. The Balaban J connectivity index is 1.58. The van der Waals surface area contributed by atoms with E-state index in [9.17, 15) is 19.5 Å². The Labute approximate surface area is 294 Å². The van der Waals surface area contributed by atoms with E-state index in [1.54, 1.807) is 20.8 Å². The van der Waals surface area contributed by atoms with Crippen LogP contribution < -0.4 is 10.6 Å². The van der Waals surface area contributed by atoms with Gasteiger partial charge < -0.3 is 39.4 Å². The third-order valence-electron chi connectivity index (χ3n) is 8.10. The average Bonchev–Trinajstić information content (AvgIpc) is 3.07. The molecule has 3 N–H and O–H groups in total. The summed E-state index contributed by atoms with van der Waals surface area (Å²) >= 11 is 0. The molecule has 11 nitrogen and oxygen atoms in total. The highest BCUT2D eigenvalue weighted by molar-refractivity contribution is 5.80. The molecule has 4 rings (SSSR count). The second kappa shape index (κ2) is 19.2. The van der Waals surface area contributed by atoms with E-state index in [0.717, 1.165) is 16.7 Å². The van der Waals surface area contributed by atoms with Gasteiger partial charge in [-0.05, 0) is 56.7 Å². The van der Waals surface area contributed by atoms with Crippen molar-refractivity contribution in [2.24, 2.45) is 0 Å². The molecule has 0 aliphatic carbocycles. The van der Waals surface area contributed by atoms with Crippen LogP contribution in [0.15, 0.2) is 91.0 Å². The first-order chi connectivity index (χ1) is 24.0. The number of amides is 2. The number of alkyl carbamates (subject to hydrolysis) is 1. The maximum absolute atomic E-state index is 12.7. The van der Waals surface area contributed by atoms with Crippen LogP contribution in [0.1, 0.15) is 63.6 Å². The first-order valence-corrected chi connectivity index (χ1v) is 17.1. The van der Waals surface area contributed by atoms with Crippen molar-refractivity contribution in [2.45, 2.75) is 109 Å². The van der Waals surface area contributed by atoms with Gasteiger partial charge in [-0.2, -0.15) is 0 Å². The third kappa shape index (κ3) is 12.9. The molecule has 1 aliphatic heterocycles. The number of ether oxygens (including phenoxy) is 5. The van der Waals surface area contributed by atoms with Crippen molar-refractivity contribution >= 4 is 18.0 Å². The van der Waals surface area contributed by atoms with E-state index in [1.807, 2.05) is 91.0 Å². The predicted octanol–water partition coefficient (Wildman–Crippen LogP) is 5.79. The molecule has 1 fully saturated rings. The lowest BCUT2D eigenvalue weighted by Crippen LogP contribution is -2.65. The van der Waals surface area contributed by atoms with Gasteiger partial charge in [-0.1, -0.05) is 91.0 Å². The minimum atomic E-state index is -1.18. The minimum absolute atomic E-state index is 0.111. The highest BCUT2D eigenvalue weighted by atomic mass is 16.6. The maximum Gasteiger partial charge on any atom is 0.408 e. The van der Waals surface area contributed by atoms with Gasteiger partial charge in [-0.15, -0.1) is 0 Å². The van der Waals surface area contributed by atoms with Crippen LogP contribution in [0.4, 0.5) is 4.79 Å². The molecule has 1 saturated heterocycles. The molecule has 11 heteroatoms. The molecule has 0 spiro atoms. The number of hydrogen-bond acceptors (Lipinski definition) is 8. The number of carboxylic acid groups (broad SMARTS) is 1. The van der Waals surface area contributed by atoms with E-state index in [4.69, 9.17) is 23.7 Å². The van der Waals surface area contributed by atoms with E-state index in [1.165, 1.54) is 6.92 Å². The summed E-state index contributed by atoms with van der Waals surface area (Å²) in [5.74, 6) is -1.45. The molecule has 0 radical (unpaired) electrons. The van der Waals surface area contributed by atoms with Gasteiger partial charge in [0.1, 0.15) is 30.0 Å². The van der Waals surface area contributed by atoms with Gasteiger partial charge in [-0.3, -0.25) is 4.79 Å². The molecule has 1 aliphatic rings. The van der Waals surface area contributed by atoms with Crippen LogP contribution in [0.5, 0.6) is 0 Å². The average molecular weight is 691 g/mol. The van der Waals surface area contributed by atoms with Crippen molar-refractivity contribution < 1.29 is 43.2 Å². The zero-order valence-corrected chi connectivity index (χ0v) is 29.3. The van der Waals surface area contributed by atoms with E-state index >= 15 is 0 Å². The highest BCUT2D eigenvalue weighted by Gasteiger charge is 2.48. The van der Waals surface area contributed by atoms with Crippen molar-refractivity contribution in [3.05, 3.63) is 108 Å². The molecule has 0 unspecified atom stereocenters. The first kappa shape index (κ1) is 38.5. The van der Waals surface area contributed by atoms with Gasteiger partial charge >= 0.3 is 12.1 Å². The summed E-state index contributed by atoms with van der Waals surface area (Å²) in [5.41, 5.74) is 2.15. The molecule has 270 valence electrons. The fraction of sp³-hybridized carbons (Fsp3) is 0.462. The lowest BCUT2D eigenvalue weighted by atomic mass is 9.89. The lowest BCUT2D eigenvalue weighted by Gasteiger charge is -2.47. The maximum atomic E-state index is 12.7. The topological polar surface area (TPSA) is 142 Å². The van der Waals surface area contributed by atoms with Crippen LogP contribution in [0.3, 0.4) is 0 Å². The predicted molar refractivity (Wildman–Crippen MR) is 187 cm³/mol. The first-order valence-electron chi connectivity index (χ1n) is 17.1. The molecule has 1 heterocycles. The Hall–Kier alpha value is -4.29. The van der Waals surface area contributed by atoms with Crippen LogP contribution in [0.25, 0.3) is 0 Å². The summed E-state index contributed by atoms with van der Waals surface area (Å²) in [5, 5.41) is 15.4. The summed E-state index contributed by atoms with van der Waals surface area (Å²) in [6.07, 6.45) is -2.45. The smallest absolute Gasteiger partial charge is 0.408 e. The number of aliphatic carboxylic acids is 1. The van der Waals surface area contributed by atoms with Gasteiger partial charge in [0.15, 0.2) is 0 Å². The third-order valence-corrected chi connectivity index (χ3v) is 8.10. The molecular weight excluding hydrogens is 640 g/mol. The van der Waals surface area contributed by atoms with E-state index < -0.39 is 54.2 Å². The zero-order chi connectivity index (χ0) is 35.9. The van der Waals surface area contributed by atoms with E-state index in [-0.39, 0.29) is 32.1 Å². The second-order valence-electron chi connectivity index (χ2n) is 13.4. The van der Waals surface area contributed by atoms with Crippen LogP contribution >= 0.6 is 0 Å². The number of carboxylic acids is 1. The zero-order valence-electron chi connectivity index (χ0n) is 29.3. The number of carbonyl (C=O) groups excluding carboxylic acids is 2. The monoisotopic (exact) mass is 690 g/mol. The van der Waals surface area contributed by atoms with Crippen molar-refractivity contribution in [3.63, 3.8) is 0 Å². The molecule has 0 aromatic heterocycles. The number of hydrogen-bond donors (Lipinski definition) is 3. The Morgan fingerprint density at radius 1 is 0.780 bits per heavy atom. The minimum Gasteiger partial charge on any atom is -0.480 e. The van der Waals surface area contributed by atoms with Gasteiger partial charge in [0, 0.05) is 6.92 Å². The molecule has 2 amide bonds. The van der Waals surface area contributed by atoms with E-state index in [2.05, 4.69) is 10.6 Å². The molecule has 3 aromatic rings.